The third-order valence-electron chi connectivity index (χ3n) is 6.44. The van der Waals surface area contributed by atoms with Gasteiger partial charge in [0.2, 0.25) is 5.91 Å². The number of aliphatic hydroxyl groups is 2. The van der Waals surface area contributed by atoms with Gasteiger partial charge in [-0.05, 0) is 37.6 Å². The van der Waals surface area contributed by atoms with Crippen molar-refractivity contribution in [1.29, 1.82) is 0 Å². The van der Waals surface area contributed by atoms with E-state index < -0.39 is 44.4 Å². The van der Waals surface area contributed by atoms with Crippen LogP contribution in [0.2, 0.25) is 0 Å². The normalized spacial score (nSPS) is 34.6. The summed E-state index contributed by atoms with van der Waals surface area (Å²) >= 11 is 0. The quantitative estimate of drug-likeness (QED) is 0.238. The number of amides is 1. The number of carbonyl (C=O) groups is 1. The number of hydrogen-bond donors (Lipinski definition) is 6. The number of hydrogen-bond acceptors (Lipinski definition) is 7. The Kier molecular flexibility index (Phi) is 10.6. The topological polar surface area (TPSA) is 158 Å². The lowest BCUT2D eigenvalue weighted by atomic mass is 9.85. The van der Waals surface area contributed by atoms with Gasteiger partial charge in [-0.2, -0.15) is 0 Å². The Balaban J connectivity index is 2.11. The lowest BCUT2D eigenvalue weighted by molar-refractivity contribution is -0.228. The van der Waals surface area contributed by atoms with E-state index in [1.807, 2.05) is 20.8 Å². The predicted octanol–water partition coefficient (Wildman–Crippen LogP) is 1.06. The lowest BCUT2D eigenvalue weighted by Gasteiger charge is -2.46. The lowest BCUT2D eigenvalue weighted by Crippen LogP contribution is -2.65. The Morgan fingerprint density at radius 1 is 1.19 bits per heavy atom. The molecule has 32 heavy (non-hydrogen) atoms. The first-order valence-corrected chi connectivity index (χ1v) is 13.3. The minimum atomic E-state index is -4.90. The van der Waals surface area contributed by atoms with Crippen molar-refractivity contribution >= 4 is 13.7 Å². The molecule has 2 aliphatic rings. The van der Waals surface area contributed by atoms with E-state index >= 15 is 0 Å². The maximum Gasteiger partial charge on any atom is 0.470 e. The van der Waals surface area contributed by atoms with Gasteiger partial charge in [-0.25, -0.2) is 4.57 Å². The van der Waals surface area contributed by atoms with Gasteiger partial charge in [-0.3, -0.25) is 9.32 Å². The van der Waals surface area contributed by atoms with Crippen molar-refractivity contribution in [3.05, 3.63) is 0 Å². The average Bonchev–Trinajstić information content (AvgIpc) is 3.18. The molecular weight excluding hydrogens is 439 g/mol. The van der Waals surface area contributed by atoms with Crippen LogP contribution in [-0.2, 0) is 18.6 Å². The Morgan fingerprint density at radius 3 is 2.44 bits per heavy atom. The van der Waals surface area contributed by atoms with Crippen LogP contribution in [0.5, 0.6) is 0 Å². The average molecular weight is 481 g/mol. The van der Waals surface area contributed by atoms with Gasteiger partial charge in [0, 0.05) is 0 Å². The van der Waals surface area contributed by atoms with Crippen LogP contribution >= 0.6 is 7.82 Å². The standard InChI is InChI=1S/C21H41N2O8P/c1-5-7-9-13-10-14(22-11-13)21(26)23-16(12(3)4)20-18(25)17(24)19(31-32(27,28)29)15(30-20)8-6-2/h12-20,22,24-25H,5-11H2,1-4H3,(H,23,26)(H2,27,28,29). The Labute approximate surface area is 190 Å². The van der Waals surface area contributed by atoms with E-state index in [4.69, 9.17) is 9.26 Å². The fourth-order valence-corrected chi connectivity index (χ4v) is 5.26. The maximum atomic E-state index is 13.0. The number of aliphatic hydroxyl groups excluding tert-OH is 2. The van der Waals surface area contributed by atoms with Crippen LogP contribution in [0.4, 0.5) is 0 Å². The molecule has 11 heteroatoms. The Bertz CT molecular complexity index is 645. The molecule has 2 saturated heterocycles. The molecule has 0 aliphatic carbocycles. The highest BCUT2D eigenvalue weighted by Gasteiger charge is 2.50. The summed E-state index contributed by atoms with van der Waals surface area (Å²) in [5.74, 6) is 0.166. The molecule has 8 atom stereocenters. The number of phosphoric ester groups is 1. The maximum absolute atomic E-state index is 13.0. The van der Waals surface area contributed by atoms with Gasteiger partial charge in [0.05, 0.1) is 18.2 Å². The monoisotopic (exact) mass is 480 g/mol. The largest absolute Gasteiger partial charge is 0.470 e. The van der Waals surface area contributed by atoms with Gasteiger partial charge in [0.1, 0.15) is 24.4 Å². The zero-order valence-electron chi connectivity index (χ0n) is 19.5. The summed E-state index contributed by atoms with van der Waals surface area (Å²) in [7, 11) is -4.90. The van der Waals surface area contributed by atoms with E-state index in [0.717, 1.165) is 32.2 Å². The van der Waals surface area contributed by atoms with E-state index in [9.17, 15) is 29.4 Å². The van der Waals surface area contributed by atoms with Crippen LogP contribution in [0.15, 0.2) is 0 Å². The van der Waals surface area contributed by atoms with Gasteiger partial charge in [0.15, 0.2) is 0 Å². The molecule has 2 aliphatic heterocycles. The molecule has 0 aromatic carbocycles. The molecule has 0 aromatic heterocycles. The van der Waals surface area contributed by atoms with Crippen molar-refractivity contribution in [2.75, 3.05) is 6.54 Å². The zero-order valence-corrected chi connectivity index (χ0v) is 20.4. The van der Waals surface area contributed by atoms with Gasteiger partial charge >= 0.3 is 7.82 Å². The van der Waals surface area contributed by atoms with E-state index in [-0.39, 0.29) is 17.9 Å². The SMILES string of the molecule is CCCCC1CNC(C(=O)NC(C(C)C)C2OC(CCC)C(OP(=O)(O)O)C(O)C2O)C1. The molecule has 188 valence electrons. The number of rotatable bonds is 11. The van der Waals surface area contributed by atoms with Gasteiger partial charge in [0.25, 0.3) is 0 Å². The fourth-order valence-electron chi connectivity index (χ4n) is 4.69. The minimum absolute atomic E-state index is 0.121. The highest BCUT2D eigenvalue weighted by molar-refractivity contribution is 7.46. The van der Waals surface area contributed by atoms with Crippen molar-refractivity contribution in [2.45, 2.75) is 109 Å². The van der Waals surface area contributed by atoms with Crippen molar-refractivity contribution in [2.24, 2.45) is 11.8 Å². The van der Waals surface area contributed by atoms with E-state index in [1.165, 1.54) is 0 Å². The van der Waals surface area contributed by atoms with Gasteiger partial charge < -0.3 is 35.4 Å². The number of ether oxygens (including phenoxy) is 1. The van der Waals surface area contributed by atoms with Crippen molar-refractivity contribution in [3.63, 3.8) is 0 Å². The number of phosphoric acid groups is 1. The second-order valence-electron chi connectivity index (χ2n) is 9.45. The zero-order chi connectivity index (χ0) is 24.1. The molecule has 0 saturated carbocycles. The Morgan fingerprint density at radius 2 is 1.88 bits per heavy atom. The Hall–Kier alpha value is -0.580. The first kappa shape index (κ1) is 27.7. The summed E-state index contributed by atoms with van der Waals surface area (Å²) in [6, 6.07) is -0.917. The van der Waals surface area contributed by atoms with E-state index in [0.29, 0.717) is 18.8 Å². The van der Waals surface area contributed by atoms with Crippen LogP contribution in [0.25, 0.3) is 0 Å². The molecule has 0 spiro atoms. The smallest absolute Gasteiger partial charge is 0.388 e. The predicted molar refractivity (Wildman–Crippen MR) is 119 cm³/mol. The van der Waals surface area contributed by atoms with Crippen LogP contribution in [0.1, 0.15) is 66.2 Å². The third-order valence-corrected chi connectivity index (χ3v) is 6.96. The van der Waals surface area contributed by atoms with E-state index in [1.54, 1.807) is 0 Å². The molecule has 2 heterocycles. The molecule has 1 amide bonds. The molecular formula is C21H41N2O8P. The summed E-state index contributed by atoms with van der Waals surface area (Å²) in [4.78, 5) is 31.4. The highest BCUT2D eigenvalue weighted by Crippen LogP contribution is 2.42. The second-order valence-corrected chi connectivity index (χ2v) is 10.6. The second kappa shape index (κ2) is 12.2. The molecule has 0 aromatic rings. The first-order valence-electron chi connectivity index (χ1n) is 11.8. The highest BCUT2D eigenvalue weighted by atomic mass is 31.2. The van der Waals surface area contributed by atoms with Gasteiger partial charge in [-0.15, -0.1) is 0 Å². The molecule has 10 nitrogen and oxygen atoms in total. The third kappa shape index (κ3) is 7.46. The fraction of sp³-hybridized carbons (Fsp3) is 0.952. The van der Waals surface area contributed by atoms with Crippen LogP contribution in [-0.4, -0.2) is 75.1 Å². The molecule has 0 bridgehead atoms. The summed E-state index contributed by atoms with van der Waals surface area (Å²) in [5.41, 5.74) is 0. The summed E-state index contributed by atoms with van der Waals surface area (Å²) < 4.78 is 22.1. The van der Waals surface area contributed by atoms with Crippen molar-refractivity contribution < 1.29 is 38.6 Å². The van der Waals surface area contributed by atoms with Crippen molar-refractivity contribution in [3.8, 4) is 0 Å². The number of nitrogens with one attached hydrogen (secondary N) is 2. The summed E-state index contributed by atoms with van der Waals surface area (Å²) in [6.45, 7) is 8.57. The van der Waals surface area contributed by atoms with Crippen LogP contribution in [0.3, 0.4) is 0 Å². The number of unbranched alkanes of at least 4 members (excludes halogenated alkanes) is 1. The first-order chi connectivity index (χ1) is 15.0. The molecule has 8 unspecified atom stereocenters. The summed E-state index contributed by atoms with van der Waals surface area (Å²) in [6.07, 6.45) is -1.14. The van der Waals surface area contributed by atoms with E-state index in [2.05, 4.69) is 17.6 Å². The molecule has 0 radical (unpaired) electrons. The number of carbonyl (C=O) groups excluding carboxylic acids is 1. The molecule has 6 N–H and O–H groups in total. The minimum Gasteiger partial charge on any atom is -0.388 e. The van der Waals surface area contributed by atoms with Crippen LogP contribution < -0.4 is 10.6 Å². The van der Waals surface area contributed by atoms with Crippen LogP contribution in [0, 0.1) is 11.8 Å². The molecule has 2 fully saturated rings. The van der Waals surface area contributed by atoms with Gasteiger partial charge in [-0.1, -0.05) is 47.0 Å². The van der Waals surface area contributed by atoms with Crippen molar-refractivity contribution in [1.82, 2.24) is 10.6 Å². The molecule has 2 rings (SSSR count). The summed E-state index contributed by atoms with van der Waals surface area (Å²) in [5, 5.41) is 27.7.